The molecule has 2 aromatic carbocycles. The van der Waals surface area contributed by atoms with E-state index in [0.29, 0.717) is 18.0 Å². The predicted molar refractivity (Wildman–Crippen MR) is 161 cm³/mol. The van der Waals surface area contributed by atoms with Gasteiger partial charge in [0.2, 0.25) is 0 Å². The fourth-order valence-electron chi connectivity index (χ4n) is 5.89. The number of allylic oxidation sites excluding steroid dienone is 3. The van der Waals surface area contributed by atoms with Crippen molar-refractivity contribution in [2.45, 2.75) is 38.6 Å². The number of piperidine rings is 1. The van der Waals surface area contributed by atoms with Gasteiger partial charge >= 0.3 is 0 Å². The number of carbonyl (C=O) groups excluding carboxylic acids is 1. The van der Waals surface area contributed by atoms with Gasteiger partial charge in [-0.25, -0.2) is 0 Å². The smallest absolute Gasteiger partial charge is 0.253 e. The van der Waals surface area contributed by atoms with Gasteiger partial charge in [0.25, 0.3) is 5.91 Å². The Bertz CT molecular complexity index is 1480. The number of hydrogen-bond acceptors (Lipinski definition) is 4. The van der Waals surface area contributed by atoms with Crippen LogP contribution in [-0.4, -0.2) is 55.8 Å². The van der Waals surface area contributed by atoms with Crippen molar-refractivity contribution in [3.05, 3.63) is 101 Å². The van der Waals surface area contributed by atoms with E-state index in [2.05, 4.69) is 44.8 Å². The highest BCUT2D eigenvalue weighted by molar-refractivity contribution is 6.08. The summed E-state index contributed by atoms with van der Waals surface area (Å²) >= 11 is 0. The van der Waals surface area contributed by atoms with Crippen molar-refractivity contribution in [2.24, 2.45) is 0 Å². The molecule has 0 radical (unpaired) electrons. The second-order valence-electron chi connectivity index (χ2n) is 10.6. The number of aromatic nitrogens is 1. The number of nitrogens with zero attached hydrogens (tertiary/aromatic N) is 2. The highest BCUT2D eigenvalue weighted by atomic mass is 16.5. The summed E-state index contributed by atoms with van der Waals surface area (Å²) in [6, 6.07) is 14.3. The number of aryl methyl sites for hydroxylation is 1. The molecule has 6 nitrogen and oxygen atoms in total. The zero-order valence-electron chi connectivity index (χ0n) is 23.8. The second kappa shape index (κ2) is 12.9. The summed E-state index contributed by atoms with van der Waals surface area (Å²) in [4.78, 5) is 15.9. The van der Waals surface area contributed by atoms with Crippen molar-refractivity contribution in [3.63, 3.8) is 0 Å². The number of ether oxygens (including phenoxy) is 2. The van der Waals surface area contributed by atoms with Gasteiger partial charge in [0.15, 0.2) is 0 Å². The first kappa shape index (κ1) is 27.6. The summed E-state index contributed by atoms with van der Waals surface area (Å²) in [5.74, 6) is 2.26. The normalized spacial score (nSPS) is 16.0. The minimum atomic E-state index is -0.0800. The molecule has 1 aliphatic heterocycles. The molecule has 0 spiro atoms. The largest absolute Gasteiger partial charge is 0.496 e. The lowest BCUT2D eigenvalue weighted by Gasteiger charge is -2.32. The third-order valence-electron chi connectivity index (χ3n) is 7.94. The molecule has 1 N–H and O–H groups in total. The van der Waals surface area contributed by atoms with Crippen LogP contribution in [0.5, 0.6) is 11.5 Å². The molecule has 5 rings (SSSR count). The van der Waals surface area contributed by atoms with Crippen molar-refractivity contribution in [2.75, 3.05) is 40.4 Å². The summed E-state index contributed by atoms with van der Waals surface area (Å²) in [6.45, 7) is 6.51. The first-order valence-electron chi connectivity index (χ1n) is 14.2. The first-order chi connectivity index (χ1) is 19.6. The molecule has 6 heteroatoms. The number of fused-ring (bicyclic) bond motifs is 1. The van der Waals surface area contributed by atoms with Crippen molar-refractivity contribution >= 4 is 16.8 Å². The standard InChI is InChI=1S/C34H39N3O3/c1-25-10-4-5-11-26(22-25)23-35-34(38)30-24-37(33-29(30)13-8-15-32(33)40-3)19-9-18-36-20-16-27(17-21-36)28-12-6-7-14-31(28)39-2/h5-8,10-15,22,24,27H,9,16-21,23H2,1-3H3,(H,35,38). The number of rotatable bonds is 10. The van der Waals surface area contributed by atoms with Gasteiger partial charge in [0, 0.05) is 24.7 Å². The molecule has 2 aliphatic rings. The Morgan fingerprint density at radius 3 is 2.60 bits per heavy atom. The van der Waals surface area contributed by atoms with Crippen LogP contribution in [0, 0.1) is 0 Å². The highest BCUT2D eigenvalue weighted by Crippen LogP contribution is 2.34. The van der Waals surface area contributed by atoms with E-state index in [0.717, 1.165) is 79.0 Å². The average molecular weight is 538 g/mol. The first-order valence-corrected chi connectivity index (χ1v) is 14.2. The summed E-state index contributed by atoms with van der Waals surface area (Å²) in [5, 5.41) is 4.02. The minimum absolute atomic E-state index is 0.0800. The Hall–Kier alpha value is -3.99. The maximum Gasteiger partial charge on any atom is 0.253 e. The Balaban J connectivity index is 1.22. The molecule has 0 unspecified atom stereocenters. The minimum Gasteiger partial charge on any atom is -0.496 e. The number of carbonyl (C=O) groups is 1. The predicted octanol–water partition coefficient (Wildman–Crippen LogP) is 6.26. The lowest BCUT2D eigenvalue weighted by atomic mass is 9.89. The monoisotopic (exact) mass is 537 g/mol. The number of nitrogens with one attached hydrogen (secondary N) is 1. The zero-order valence-corrected chi connectivity index (χ0v) is 23.8. The molecule has 208 valence electrons. The molecule has 2 heterocycles. The summed E-state index contributed by atoms with van der Waals surface area (Å²) in [6.07, 6.45) is 13.1. The second-order valence-corrected chi connectivity index (χ2v) is 10.6. The Kier molecular flexibility index (Phi) is 8.90. The van der Waals surface area contributed by atoms with Crippen LogP contribution in [-0.2, 0) is 6.54 Å². The zero-order chi connectivity index (χ0) is 27.9. The molecule has 0 bridgehead atoms. The molecule has 1 fully saturated rings. The van der Waals surface area contributed by atoms with Gasteiger partial charge in [-0.15, -0.1) is 5.73 Å². The van der Waals surface area contributed by atoms with Gasteiger partial charge in [-0.05, 0) is 98.8 Å². The lowest BCUT2D eigenvalue weighted by molar-refractivity contribution is 0.0958. The van der Waals surface area contributed by atoms with E-state index in [4.69, 9.17) is 9.47 Å². The molecule has 1 saturated heterocycles. The topological polar surface area (TPSA) is 55.7 Å². The quantitative estimate of drug-likeness (QED) is 0.311. The lowest BCUT2D eigenvalue weighted by Crippen LogP contribution is -2.34. The Morgan fingerprint density at radius 2 is 1.80 bits per heavy atom. The fourth-order valence-corrected chi connectivity index (χ4v) is 5.89. The highest BCUT2D eigenvalue weighted by Gasteiger charge is 2.23. The molecule has 1 aliphatic carbocycles. The SMILES string of the molecule is COc1ccccc1C1CCN(CCCn2cc(C(=O)NCC3=CC=C=CC(C)=C3)c3cccc(OC)c32)CC1. The molecule has 1 amide bonds. The number of para-hydroxylation sites is 2. The van der Waals surface area contributed by atoms with E-state index in [-0.39, 0.29) is 5.91 Å². The molecular formula is C34H39N3O3. The number of amides is 1. The van der Waals surface area contributed by atoms with Gasteiger partial charge in [0.1, 0.15) is 11.5 Å². The van der Waals surface area contributed by atoms with Crippen molar-refractivity contribution < 1.29 is 14.3 Å². The Morgan fingerprint density at radius 1 is 1.02 bits per heavy atom. The molecular weight excluding hydrogens is 498 g/mol. The summed E-state index contributed by atoms with van der Waals surface area (Å²) in [7, 11) is 3.44. The molecule has 1 aromatic heterocycles. The van der Waals surface area contributed by atoms with Crippen LogP contribution in [0.25, 0.3) is 10.9 Å². The van der Waals surface area contributed by atoms with Crippen LogP contribution in [0.3, 0.4) is 0 Å². The van der Waals surface area contributed by atoms with Gasteiger partial charge in [-0.2, -0.15) is 0 Å². The number of benzene rings is 2. The van der Waals surface area contributed by atoms with E-state index in [9.17, 15) is 4.79 Å². The van der Waals surface area contributed by atoms with Crippen molar-refractivity contribution in [1.29, 1.82) is 0 Å². The van der Waals surface area contributed by atoms with Crippen LogP contribution < -0.4 is 14.8 Å². The maximum atomic E-state index is 13.3. The van der Waals surface area contributed by atoms with E-state index in [1.54, 1.807) is 14.2 Å². The Labute approximate surface area is 237 Å². The van der Waals surface area contributed by atoms with Crippen LogP contribution in [0.4, 0.5) is 0 Å². The average Bonchev–Trinajstić information content (AvgIpc) is 3.23. The third-order valence-corrected chi connectivity index (χ3v) is 7.94. The summed E-state index contributed by atoms with van der Waals surface area (Å²) in [5.41, 5.74) is 8.25. The van der Waals surface area contributed by atoms with Crippen LogP contribution >= 0.6 is 0 Å². The van der Waals surface area contributed by atoms with E-state index >= 15 is 0 Å². The molecule has 40 heavy (non-hydrogen) atoms. The summed E-state index contributed by atoms with van der Waals surface area (Å²) < 4.78 is 13.5. The van der Waals surface area contributed by atoms with E-state index < -0.39 is 0 Å². The van der Waals surface area contributed by atoms with Crippen LogP contribution in [0.1, 0.15) is 48.0 Å². The van der Waals surface area contributed by atoms with E-state index in [1.807, 2.05) is 55.6 Å². The third kappa shape index (κ3) is 6.25. The molecule has 0 saturated carbocycles. The van der Waals surface area contributed by atoms with Gasteiger partial charge in [-0.3, -0.25) is 4.79 Å². The van der Waals surface area contributed by atoms with Gasteiger partial charge < -0.3 is 24.3 Å². The maximum absolute atomic E-state index is 13.3. The molecule has 3 aromatic rings. The van der Waals surface area contributed by atoms with Gasteiger partial charge in [-0.1, -0.05) is 36.4 Å². The van der Waals surface area contributed by atoms with E-state index in [1.165, 1.54) is 5.56 Å². The van der Waals surface area contributed by atoms with Crippen molar-refractivity contribution in [3.8, 4) is 11.5 Å². The van der Waals surface area contributed by atoms with Gasteiger partial charge in [0.05, 0.1) is 25.3 Å². The number of likely N-dealkylation sites (tertiary alicyclic amines) is 1. The number of methoxy groups -OCH3 is 2. The van der Waals surface area contributed by atoms with Crippen LogP contribution in [0.15, 0.2) is 89.8 Å². The molecule has 0 atom stereocenters. The van der Waals surface area contributed by atoms with Crippen molar-refractivity contribution in [1.82, 2.24) is 14.8 Å². The fraction of sp³-hybridized carbons (Fsp3) is 0.353. The number of hydrogen-bond donors (Lipinski definition) is 1. The van der Waals surface area contributed by atoms with Crippen LogP contribution in [0.2, 0.25) is 0 Å².